The van der Waals surface area contributed by atoms with Crippen molar-refractivity contribution in [1.29, 1.82) is 0 Å². The van der Waals surface area contributed by atoms with Crippen molar-refractivity contribution < 1.29 is 4.39 Å². The monoisotopic (exact) mass is 434 g/mol. The first-order valence-electron chi connectivity index (χ1n) is 11.6. The summed E-state index contributed by atoms with van der Waals surface area (Å²) >= 11 is 5.94. The molecule has 0 amide bonds. The van der Waals surface area contributed by atoms with Gasteiger partial charge in [-0.05, 0) is 111 Å². The van der Waals surface area contributed by atoms with E-state index in [1.807, 2.05) is 30.3 Å². The van der Waals surface area contributed by atoms with Gasteiger partial charge in [0.1, 0.15) is 5.82 Å². The van der Waals surface area contributed by atoms with Crippen LogP contribution in [0.3, 0.4) is 0 Å². The quantitative estimate of drug-likeness (QED) is 0.349. The fourth-order valence-corrected chi connectivity index (χ4v) is 5.00. The second-order valence-corrected chi connectivity index (χ2v) is 9.66. The van der Waals surface area contributed by atoms with Gasteiger partial charge in [-0.25, -0.2) is 4.39 Å². The second kappa shape index (κ2) is 10.5. The van der Waals surface area contributed by atoms with Gasteiger partial charge >= 0.3 is 0 Å². The van der Waals surface area contributed by atoms with E-state index in [0.29, 0.717) is 5.92 Å². The average molecular weight is 435 g/mol. The molecule has 0 unspecified atom stereocenters. The van der Waals surface area contributed by atoms with Crippen LogP contribution in [0.2, 0.25) is 5.02 Å². The van der Waals surface area contributed by atoms with Crippen molar-refractivity contribution in [3.05, 3.63) is 105 Å². The molecule has 1 aliphatic carbocycles. The molecule has 0 aromatic heterocycles. The molecule has 0 bridgehead atoms. The minimum atomic E-state index is -0.0606. The van der Waals surface area contributed by atoms with Crippen LogP contribution >= 0.6 is 11.6 Å². The van der Waals surface area contributed by atoms with Gasteiger partial charge in [0.05, 0.1) is 0 Å². The van der Waals surface area contributed by atoms with E-state index in [0.717, 1.165) is 41.3 Å². The lowest BCUT2D eigenvalue weighted by Crippen LogP contribution is -2.14. The maximum Gasteiger partial charge on any atom is 0.126 e. The predicted octanol–water partition coefficient (Wildman–Crippen LogP) is 8.48. The third-order valence-corrected chi connectivity index (χ3v) is 7.20. The van der Waals surface area contributed by atoms with Crippen LogP contribution in [-0.4, -0.2) is 0 Å². The van der Waals surface area contributed by atoms with Crippen molar-refractivity contribution in [2.45, 2.75) is 64.2 Å². The molecular formula is C29H32ClF. The second-order valence-electron chi connectivity index (χ2n) is 9.22. The highest BCUT2D eigenvalue weighted by atomic mass is 35.5. The molecule has 0 radical (unpaired) electrons. The summed E-state index contributed by atoms with van der Waals surface area (Å²) in [5.41, 5.74) is 5.96. The molecule has 0 nitrogen and oxygen atoms in total. The highest BCUT2D eigenvalue weighted by Crippen LogP contribution is 2.37. The smallest absolute Gasteiger partial charge is 0.126 e. The summed E-state index contributed by atoms with van der Waals surface area (Å²) in [7, 11) is 0. The summed E-state index contributed by atoms with van der Waals surface area (Å²) < 4.78 is 14.6. The van der Waals surface area contributed by atoms with E-state index in [1.165, 1.54) is 48.8 Å². The fourth-order valence-electron chi connectivity index (χ4n) is 4.87. The third kappa shape index (κ3) is 6.20. The van der Waals surface area contributed by atoms with Crippen LogP contribution < -0.4 is 0 Å². The molecular weight excluding hydrogens is 403 g/mol. The maximum atomic E-state index is 14.6. The number of hydrogen-bond acceptors (Lipinski definition) is 0. The lowest BCUT2D eigenvalue weighted by molar-refractivity contribution is 0.310. The van der Waals surface area contributed by atoms with Crippen LogP contribution in [0, 0.1) is 18.7 Å². The first kappa shape index (κ1) is 22.1. The molecule has 31 heavy (non-hydrogen) atoms. The molecule has 1 aliphatic rings. The SMILES string of the molecule is Cc1ccc(C2CCC(CCc3ccc(CCc4ccc(Cl)cc4)c(F)c3)CC2)cc1. The lowest BCUT2D eigenvalue weighted by Gasteiger charge is -2.29. The number of aryl methyl sites for hydroxylation is 4. The van der Waals surface area contributed by atoms with Gasteiger partial charge in [-0.1, -0.05) is 65.7 Å². The fraction of sp³-hybridized carbons (Fsp3) is 0.379. The standard InChI is InChI=1S/C29H32ClF/c1-21-2-12-25(13-3-21)26-14-6-22(7-15-26)4-5-24-9-17-27(29(31)20-24)16-8-23-10-18-28(30)19-11-23/h2-3,9-13,17-20,22,26H,4-8,14-16H2,1H3. The van der Waals surface area contributed by atoms with Gasteiger partial charge in [0.25, 0.3) is 0 Å². The Morgan fingerprint density at radius 1 is 0.774 bits per heavy atom. The van der Waals surface area contributed by atoms with Gasteiger partial charge < -0.3 is 0 Å². The Bertz CT molecular complexity index is 967. The Balaban J connectivity index is 1.24. The summed E-state index contributed by atoms with van der Waals surface area (Å²) in [6.45, 7) is 2.15. The highest BCUT2D eigenvalue weighted by Gasteiger charge is 2.22. The Morgan fingerprint density at radius 2 is 1.45 bits per heavy atom. The van der Waals surface area contributed by atoms with Crippen LogP contribution in [0.25, 0.3) is 0 Å². The normalized spacial score (nSPS) is 18.8. The van der Waals surface area contributed by atoms with E-state index in [1.54, 1.807) is 6.07 Å². The Kier molecular flexibility index (Phi) is 7.45. The Hall–Kier alpha value is -2.12. The molecule has 3 aromatic rings. The van der Waals surface area contributed by atoms with Crippen molar-refractivity contribution in [3.8, 4) is 0 Å². The van der Waals surface area contributed by atoms with E-state index in [4.69, 9.17) is 11.6 Å². The molecule has 162 valence electrons. The van der Waals surface area contributed by atoms with E-state index < -0.39 is 0 Å². The van der Waals surface area contributed by atoms with Gasteiger partial charge in [0, 0.05) is 5.02 Å². The molecule has 2 heteroatoms. The van der Waals surface area contributed by atoms with Crippen molar-refractivity contribution >= 4 is 11.6 Å². The summed E-state index contributed by atoms with van der Waals surface area (Å²) in [5, 5.41) is 0.739. The highest BCUT2D eigenvalue weighted by molar-refractivity contribution is 6.30. The Morgan fingerprint density at radius 3 is 2.13 bits per heavy atom. The predicted molar refractivity (Wildman–Crippen MR) is 129 cm³/mol. The van der Waals surface area contributed by atoms with E-state index >= 15 is 0 Å². The first-order valence-corrected chi connectivity index (χ1v) is 12.0. The van der Waals surface area contributed by atoms with Gasteiger partial charge in [0.15, 0.2) is 0 Å². The lowest BCUT2D eigenvalue weighted by atomic mass is 9.77. The topological polar surface area (TPSA) is 0 Å². The molecule has 0 aliphatic heterocycles. The molecule has 0 heterocycles. The van der Waals surface area contributed by atoms with Gasteiger partial charge in [-0.3, -0.25) is 0 Å². The van der Waals surface area contributed by atoms with Crippen LogP contribution in [-0.2, 0) is 19.3 Å². The van der Waals surface area contributed by atoms with E-state index in [9.17, 15) is 4.39 Å². The number of benzene rings is 3. The van der Waals surface area contributed by atoms with Crippen molar-refractivity contribution in [2.75, 3.05) is 0 Å². The molecule has 4 rings (SSSR count). The molecule has 0 atom stereocenters. The van der Waals surface area contributed by atoms with Crippen LogP contribution in [0.1, 0.15) is 65.8 Å². The molecule has 0 N–H and O–H groups in total. The van der Waals surface area contributed by atoms with E-state index in [2.05, 4.69) is 37.3 Å². The zero-order valence-corrected chi connectivity index (χ0v) is 19.2. The zero-order valence-electron chi connectivity index (χ0n) is 18.4. The first-order chi connectivity index (χ1) is 15.1. The minimum Gasteiger partial charge on any atom is -0.207 e. The molecule has 1 saturated carbocycles. The number of halogens is 2. The minimum absolute atomic E-state index is 0.0606. The average Bonchev–Trinajstić information content (AvgIpc) is 2.79. The molecule has 0 saturated heterocycles. The molecule has 0 spiro atoms. The van der Waals surface area contributed by atoms with Gasteiger partial charge in [-0.2, -0.15) is 0 Å². The van der Waals surface area contributed by atoms with Crippen molar-refractivity contribution in [2.24, 2.45) is 5.92 Å². The Labute approximate surface area is 191 Å². The summed E-state index contributed by atoms with van der Waals surface area (Å²) in [6, 6.07) is 22.8. The summed E-state index contributed by atoms with van der Waals surface area (Å²) in [4.78, 5) is 0. The van der Waals surface area contributed by atoms with Gasteiger partial charge in [0.2, 0.25) is 0 Å². The van der Waals surface area contributed by atoms with Crippen LogP contribution in [0.5, 0.6) is 0 Å². The van der Waals surface area contributed by atoms with Crippen molar-refractivity contribution in [3.63, 3.8) is 0 Å². The largest absolute Gasteiger partial charge is 0.207 e. The number of hydrogen-bond donors (Lipinski definition) is 0. The molecule has 1 fully saturated rings. The maximum absolute atomic E-state index is 14.6. The van der Waals surface area contributed by atoms with Crippen LogP contribution in [0.4, 0.5) is 4.39 Å². The van der Waals surface area contributed by atoms with Gasteiger partial charge in [-0.15, -0.1) is 0 Å². The number of rotatable bonds is 7. The van der Waals surface area contributed by atoms with Crippen LogP contribution in [0.15, 0.2) is 66.7 Å². The van der Waals surface area contributed by atoms with Crippen molar-refractivity contribution in [1.82, 2.24) is 0 Å². The van der Waals surface area contributed by atoms with E-state index in [-0.39, 0.29) is 5.82 Å². The summed E-state index contributed by atoms with van der Waals surface area (Å²) in [5.74, 6) is 1.43. The molecule has 3 aromatic carbocycles. The zero-order chi connectivity index (χ0) is 21.6. The third-order valence-electron chi connectivity index (χ3n) is 6.95. The summed E-state index contributed by atoms with van der Waals surface area (Å²) in [6.07, 6.45) is 8.85.